The van der Waals surface area contributed by atoms with Crippen LogP contribution in [0, 0.1) is 11.6 Å². The van der Waals surface area contributed by atoms with E-state index in [9.17, 15) is 13.6 Å². The third kappa shape index (κ3) is 4.78. The Hall–Kier alpha value is -2.58. The molecule has 5 nitrogen and oxygen atoms in total. The van der Waals surface area contributed by atoms with Gasteiger partial charge in [0.2, 0.25) is 0 Å². The van der Waals surface area contributed by atoms with Gasteiger partial charge in [0.05, 0.1) is 10.2 Å². The van der Waals surface area contributed by atoms with Crippen molar-refractivity contribution in [3.05, 3.63) is 54.1 Å². The molecule has 1 aromatic heterocycles. The molecule has 0 radical (unpaired) electrons. The summed E-state index contributed by atoms with van der Waals surface area (Å²) >= 11 is 1.23. The van der Waals surface area contributed by atoms with Gasteiger partial charge in [-0.15, -0.1) is 0 Å². The van der Waals surface area contributed by atoms with Crippen LogP contribution in [0.25, 0.3) is 10.2 Å². The Morgan fingerprint density at radius 3 is 2.67 bits per heavy atom. The Morgan fingerprint density at radius 2 is 1.93 bits per heavy atom. The van der Waals surface area contributed by atoms with Gasteiger partial charge in [0.1, 0.15) is 5.82 Å². The fourth-order valence-corrected chi connectivity index (χ4v) is 3.44. The Labute approximate surface area is 159 Å². The van der Waals surface area contributed by atoms with Gasteiger partial charge >= 0.3 is 0 Å². The van der Waals surface area contributed by atoms with Crippen LogP contribution in [0.3, 0.4) is 0 Å². The molecule has 0 spiro atoms. The van der Waals surface area contributed by atoms with E-state index < -0.39 is 5.82 Å². The second kappa shape index (κ2) is 8.41. The summed E-state index contributed by atoms with van der Waals surface area (Å²) in [6.07, 6.45) is 0. The summed E-state index contributed by atoms with van der Waals surface area (Å²) in [7, 11) is 3.79. The highest BCUT2D eigenvalue weighted by Crippen LogP contribution is 2.29. The van der Waals surface area contributed by atoms with Gasteiger partial charge in [-0.05, 0) is 44.4 Å². The molecule has 0 aliphatic rings. The number of hydrogen-bond donors (Lipinski definition) is 0. The SMILES string of the molecule is CN(C)CCN(C(=O)COc1ccccc1F)c1nc2ccc(F)cc2s1. The number of hydrogen-bond acceptors (Lipinski definition) is 5. The molecule has 3 rings (SSSR count). The molecule has 0 aliphatic heterocycles. The lowest BCUT2D eigenvalue weighted by molar-refractivity contribution is -0.120. The average molecular weight is 391 g/mol. The number of fused-ring (bicyclic) bond motifs is 1. The zero-order chi connectivity index (χ0) is 19.4. The normalized spacial score (nSPS) is 11.1. The van der Waals surface area contributed by atoms with Crippen molar-refractivity contribution in [2.75, 3.05) is 38.7 Å². The third-order valence-corrected chi connectivity index (χ3v) is 4.87. The van der Waals surface area contributed by atoms with Crippen molar-refractivity contribution in [3.8, 4) is 5.75 Å². The second-order valence-electron chi connectivity index (χ2n) is 6.18. The summed E-state index contributed by atoms with van der Waals surface area (Å²) in [5.41, 5.74) is 0.620. The Bertz CT molecular complexity index is 946. The quantitative estimate of drug-likeness (QED) is 0.618. The van der Waals surface area contributed by atoms with E-state index in [1.807, 2.05) is 19.0 Å². The van der Waals surface area contributed by atoms with Crippen molar-refractivity contribution >= 4 is 32.6 Å². The number of halogens is 2. The smallest absolute Gasteiger partial charge is 0.266 e. The molecular formula is C19H19F2N3O2S. The molecule has 142 valence electrons. The summed E-state index contributed by atoms with van der Waals surface area (Å²) in [6, 6.07) is 10.2. The van der Waals surface area contributed by atoms with Crippen LogP contribution in [0.5, 0.6) is 5.75 Å². The van der Waals surface area contributed by atoms with E-state index in [2.05, 4.69) is 4.98 Å². The van der Waals surface area contributed by atoms with Crippen molar-refractivity contribution < 1.29 is 18.3 Å². The minimum Gasteiger partial charge on any atom is -0.481 e. The van der Waals surface area contributed by atoms with E-state index in [0.29, 0.717) is 28.4 Å². The molecule has 0 N–H and O–H groups in total. The van der Waals surface area contributed by atoms with E-state index in [0.717, 1.165) is 0 Å². The highest BCUT2D eigenvalue weighted by molar-refractivity contribution is 7.22. The lowest BCUT2D eigenvalue weighted by Gasteiger charge is -2.22. The number of amides is 1. The van der Waals surface area contributed by atoms with Gasteiger partial charge in [0, 0.05) is 13.1 Å². The largest absolute Gasteiger partial charge is 0.481 e. The van der Waals surface area contributed by atoms with Gasteiger partial charge in [-0.3, -0.25) is 9.69 Å². The molecule has 1 amide bonds. The van der Waals surface area contributed by atoms with Crippen LogP contribution in [0.1, 0.15) is 0 Å². The zero-order valence-electron chi connectivity index (χ0n) is 15.0. The summed E-state index contributed by atoms with van der Waals surface area (Å²) in [4.78, 5) is 20.6. The molecule has 3 aromatic rings. The number of aromatic nitrogens is 1. The van der Waals surface area contributed by atoms with Crippen LogP contribution in [-0.4, -0.2) is 49.6 Å². The first-order chi connectivity index (χ1) is 12.9. The lowest BCUT2D eigenvalue weighted by Crippen LogP contribution is -2.39. The molecule has 0 saturated heterocycles. The predicted octanol–water partition coefficient (Wildman–Crippen LogP) is 3.55. The minimum absolute atomic E-state index is 0.0183. The third-order valence-electron chi connectivity index (χ3n) is 3.83. The van der Waals surface area contributed by atoms with Crippen LogP contribution in [-0.2, 0) is 4.79 Å². The number of nitrogens with zero attached hydrogens (tertiary/aromatic N) is 3. The van der Waals surface area contributed by atoms with E-state index in [4.69, 9.17) is 4.74 Å². The van der Waals surface area contributed by atoms with Gasteiger partial charge in [-0.2, -0.15) is 0 Å². The van der Waals surface area contributed by atoms with Crippen molar-refractivity contribution in [2.24, 2.45) is 0 Å². The molecule has 27 heavy (non-hydrogen) atoms. The maximum Gasteiger partial charge on any atom is 0.266 e. The van der Waals surface area contributed by atoms with Crippen LogP contribution in [0.2, 0.25) is 0 Å². The zero-order valence-corrected chi connectivity index (χ0v) is 15.8. The molecule has 0 bridgehead atoms. The van der Waals surface area contributed by atoms with Gasteiger partial charge in [-0.1, -0.05) is 23.5 Å². The van der Waals surface area contributed by atoms with Gasteiger partial charge in [0.15, 0.2) is 23.3 Å². The molecule has 2 aromatic carbocycles. The molecule has 0 unspecified atom stereocenters. The number of thiazole rings is 1. The van der Waals surface area contributed by atoms with Gasteiger partial charge in [-0.25, -0.2) is 13.8 Å². The number of carbonyl (C=O) groups is 1. The summed E-state index contributed by atoms with van der Waals surface area (Å²) in [5, 5.41) is 0.458. The topological polar surface area (TPSA) is 45.7 Å². The Balaban J connectivity index is 1.80. The number of rotatable bonds is 7. The number of likely N-dealkylation sites (N-methyl/N-ethyl adjacent to an activating group) is 1. The highest BCUT2D eigenvalue weighted by atomic mass is 32.1. The second-order valence-corrected chi connectivity index (χ2v) is 7.19. The number of ether oxygens (including phenoxy) is 1. The number of benzene rings is 2. The fourth-order valence-electron chi connectivity index (χ4n) is 2.41. The fraction of sp³-hybridized carbons (Fsp3) is 0.263. The number of carbonyl (C=O) groups excluding carboxylic acids is 1. The Kier molecular flexibility index (Phi) is 5.98. The molecule has 0 fully saturated rings. The first-order valence-electron chi connectivity index (χ1n) is 8.32. The van der Waals surface area contributed by atoms with Crippen molar-refractivity contribution in [1.82, 2.24) is 9.88 Å². The molecule has 0 atom stereocenters. The van der Waals surface area contributed by atoms with E-state index in [1.54, 1.807) is 18.2 Å². The monoisotopic (exact) mass is 391 g/mol. The van der Waals surface area contributed by atoms with Crippen LogP contribution in [0.15, 0.2) is 42.5 Å². The van der Waals surface area contributed by atoms with Crippen molar-refractivity contribution in [2.45, 2.75) is 0 Å². The first-order valence-corrected chi connectivity index (χ1v) is 9.14. The maximum atomic E-state index is 13.7. The molecule has 8 heteroatoms. The summed E-state index contributed by atoms with van der Waals surface area (Å²) in [5.74, 6) is -1.21. The van der Waals surface area contributed by atoms with Gasteiger partial charge < -0.3 is 9.64 Å². The Morgan fingerprint density at radius 1 is 1.15 bits per heavy atom. The summed E-state index contributed by atoms with van der Waals surface area (Å²) < 4.78 is 33.1. The van der Waals surface area contributed by atoms with Crippen molar-refractivity contribution in [3.63, 3.8) is 0 Å². The highest BCUT2D eigenvalue weighted by Gasteiger charge is 2.21. The molecular weight excluding hydrogens is 372 g/mol. The van der Waals surface area contributed by atoms with E-state index in [-0.39, 0.29) is 24.1 Å². The van der Waals surface area contributed by atoms with E-state index >= 15 is 0 Å². The first kappa shape index (κ1) is 19.2. The molecule has 1 heterocycles. The summed E-state index contributed by atoms with van der Waals surface area (Å²) in [6.45, 7) is 0.670. The molecule has 0 aliphatic carbocycles. The van der Waals surface area contributed by atoms with Crippen LogP contribution in [0.4, 0.5) is 13.9 Å². The van der Waals surface area contributed by atoms with Crippen molar-refractivity contribution in [1.29, 1.82) is 0 Å². The van der Waals surface area contributed by atoms with Crippen LogP contribution >= 0.6 is 11.3 Å². The van der Waals surface area contributed by atoms with Gasteiger partial charge in [0.25, 0.3) is 5.91 Å². The lowest BCUT2D eigenvalue weighted by atomic mass is 10.3. The molecule has 0 saturated carbocycles. The predicted molar refractivity (Wildman–Crippen MR) is 102 cm³/mol. The number of para-hydroxylation sites is 1. The minimum atomic E-state index is -0.527. The standard InChI is InChI=1S/C19H19F2N3O2S/c1-23(2)9-10-24(18(25)12-26-16-6-4-3-5-14(16)21)19-22-15-8-7-13(20)11-17(15)27-19/h3-8,11H,9-10,12H2,1-2H3. The van der Waals surface area contributed by atoms with Crippen LogP contribution < -0.4 is 9.64 Å². The maximum absolute atomic E-state index is 13.7. The van der Waals surface area contributed by atoms with E-state index in [1.165, 1.54) is 40.5 Å². The number of anilines is 1. The average Bonchev–Trinajstić information content (AvgIpc) is 3.03.